The standard InChI is InChI=1S/C16H9N3O3/c1-8(20)10-9-4-2-3-7-19(9)14-11(10)15(21)12-13(16(14)22)18-6-5-17-12/h2-7H,1H3. The third-order valence-electron chi connectivity index (χ3n) is 3.77. The molecule has 3 aromatic rings. The van der Waals surface area contributed by atoms with Gasteiger partial charge in [-0.1, -0.05) is 6.07 Å². The van der Waals surface area contributed by atoms with Crippen LogP contribution in [0.15, 0.2) is 36.8 Å². The summed E-state index contributed by atoms with van der Waals surface area (Å²) in [5, 5.41) is 0. The van der Waals surface area contributed by atoms with Crippen molar-refractivity contribution in [1.82, 2.24) is 14.4 Å². The summed E-state index contributed by atoms with van der Waals surface area (Å²) < 4.78 is 1.57. The van der Waals surface area contributed by atoms with Crippen LogP contribution in [0, 0.1) is 0 Å². The van der Waals surface area contributed by atoms with E-state index in [2.05, 4.69) is 9.97 Å². The van der Waals surface area contributed by atoms with Crippen LogP contribution in [0.4, 0.5) is 0 Å². The summed E-state index contributed by atoms with van der Waals surface area (Å²) in [6, 6.07) is 5.20. The van der Waals surface area contributed by atoms with Gasteiger partial charge in [0.2, 0.25) is 11.6 Å². The number of aromatic nitrogens is 3. The van der Waals surface area contributed by atoms with Crippen molar-refractivity contribution in [3.8, 4) is 0 Å². The van der Waals surface area contributed by atoms with Gasteiger partial charge in [-0.05, 0) is 19.1 Å². The smallest absolute Gasteiger partial charge is 0.231 e. The molecule has 0 saturated carbocycles. The monoisotopic (exact) mass is 291 g/mol. The molecule has 3 heterocycles. The molecule has 0 unspecified atom stereocenters. The largest absolute Gasteiger partial charge is 0.312 e. The van der Waals surface area contributed by atoms with E-state index in [4.69, 9.17) is 0 Å². The topological polar surface area (TPSA) is 81.4 Å². The molecule has 4 rings (SSSR count). The van der Waals surface area contributed by atoms with Crippen molar-refractivity contribution in [2.45, 2.75) is 6.92 Å². The normalized spacial score (nSPS) is 13.1. The Morgan fingerprint density at radius 1 is 1.05 bits per heavy atom. The average molecular weight is 291 g/mol. The lowest BCUT2D eigenvalue weighted by molar-refractivity contribution is 0.0961. The van der Waals surface area contributed by atoms with E-state index in [9.17, 15) is 14.4 Å². The fourth-order valence-electron chi connectivity index (χ4n) is 2.91. The number of fused-ring (bicyclic) bond motifs is 4. The number of pyridine rings is 1. The summed E-state index contributed by atoms with van der Waals surface area (Å²) >= 11 is 0. The summed E-state index contributed by atoms with van der Waals surface area (Å²) in [7, 11) is 0. The molecule has 0 atom stereocenters. The van der Waals surface area contributed by atoms with Crippen molar-refractivity contribution in [1.29, 1.82) is 0 Å². The van der Waals surface area contributed by atoms with Crippen LogP contribution in [0.25, 0.3) is 5.52 Å². The first-order valence-electron chi connectivity index (χ1n) is 6.65. The molecule has 1 aliphatic carbocycles. The molecule has 0 amide bonds. The second-order valence-electron chi connectivity index (χ2n) is 5.02. The molecule has 6 heteroatoms. The molecule has 0 aromatic carbocycles. The zero-order valence-corrected chi connectivity index (χ0v) is 11.5. The molecule has 0 N–H and O–H groups in total. The van der Waals surface area contributed by atoms with Crippen LogP contribution in [0.5, 0.6) is 0 Å². The van der Waals surface area contributed by atoms with E-state index in [-0.39, 0.29) is 34.0 Å². The van der Waals surface area contributed by atoms with E-state index in [1.54, 1.807) is 28.8 Å². The van der Waals surface area contributed by atoms with Crippen molar-refractivity contribution in [2.75, 3.05) is 0 Å². The first-order chi connectivity index (χ1) is 10.6. The molecular formula is C16H9N3O3. The highest BCUT2D eigenvalue weighted by Crippen LogP contribution is 2.32. The fraction of sp³-hybridized carbons (Fsp3) is 0.0625. The summed E-state index contributed by atoms with van der Waals surface area (Å²) in [6.07, 6.45) is 4.39. The van der Waals surface area contributed by atoms with Crippen molar-refractivity contribution in [2.24, 2.45) is 0 Å². The van der Waals surface area contributed by atoms with Gasteiger partial charge in [-0.3, -0.25) is 14.4 Å². The highest BCUT2D eigenvalue weighted by Gasteiger charge is 2.38. The van der Waals surface area contributed by atoms with Crippen LogP contribution in [-0.4, -0.2) is 31.7 Å². The maximum Gasteiger partial charge on any atom is 0.231 e. The molecule has 0 aliphatic heterocycles. The van der Waals surface area contributed by atoms with Gasteiger partial charge in [0.1, 0.15) is 17.1 Å². The lowest BCUT2D eigenvalue weighted by atomic mass is 9.91. The van der Waals surface area contributed by atoms with Crippen LogP contribution >= 0.6 is 0 Å². The Balaban J connectivity index is 2.20. The number of ketones is 3. The predicted molar refractivity (Wildman–Crippen MR) is 76.3 cm³/mol. The molecule has 0 fully saturated rings. The zero-order chi connectivity index (χ0) is 15.4. The van der Waals surface area contributed by atoms with Gasteiger partial charge in [-0.25, -0.2) is 9.97 Å². The molecular weight excluding hydrogens is 282 g/mol. The molecule has 0 radical (unpaired) electrons. The summed E-state index contributed by atoms with van der Waals surface area (Å²) in [4.78, 5) is 45.4. The molecule has 0 spiro atoms. The van der Waals surface area contributed by atoms with E-state index >= 15 is 0 Å². The van der Waals surface area contributed by atoms with Gasteiger partial charge in [0.05, 0.1) is 16.6 Å². The van der Waals surface area contributed by atoms with Crippen LogP contribution in [0.1, 0.15) is 49.5 Å². The third kappa shape index (κ3) is 1.41. The van der Waals surface area contributed by atoms with Crippen LogP contribution in [0.3, 0.4) is 0 Å². The van der Waals surface area contributed by atoms with Gasteiger partial charge in [-0.2, -0.15) is 0 Å². The fourth-order valence-corrected chi connectivity index (χ4v) is 2.91. The highest BCUT2D eigenvalue weighted by atomic mass is 16.1. The van der Waals surface area contributed by atoms with E-state index in [0.29, 0.717) is 5.52 Å². The second-order valence-corrected chi connectivity index (χ2v) is 5.02. The van der Waals surface area contributed by atoms with Gasteiger partial charge in [-0.15, -0.1) is 0 Å². The van der Waals surface area contributed by atoms with Gasteiger partial charge >= 0.3 is 0 Å². The van der Waals surface area contributed by atoms with Crippen molar-refractivity contribution in [3.63, 3.8) is 0 Å². The lowest BCUT2D eigenvalue weighted by Crippen LogP contribution is -2.25. The number of rotatable bonds is 1. The number of carbonyl (C=O) groups is 3. The van der Waals surface area contributed by atoms with E-state index in [1.165, 1.54) is 19.3 Å². The Morgan fingerprint density at radius 3 is 2.41 bits per heavy atom. The second kappa shape index (κ2) is 4.17. The average Bonchev–Trinajstić information content (AvgIpc) is 2.88. The molecule has 0 saturated heterocycles. The Morgan fingerprint density at radius 2 is 1.73 bits per heavy atom. The van der Waals surface area contributed by atoms with Crippen LogP contribution in [-0.2, 0) is 0 Å². The van der Waals surface area contributed by atoms with Gasteiger partial charge in [0, 0.05) is 18.6 Å². The first-order valence-corrected chi connectivity index (χ1v) is 6.65. The Kier molecular flexibility index (Phi) is 2.39. The number of nitrogens with zero attached hydrogens (tertiary/aromatic N) is 3. The van der Waals surface area contributed by atoms with Crippen LogP contribution < -0.4 is 0 Å². The molecule has 6 nitrogen and oxygen atoms in total. The Hall–Kier alpha value is -3.15. The molecule has 3 aromatic heterocycles. The minimum absolute atomic E-state index is 0.00148. The predicted octanol–water partition coefficient (Wildman–Crippen LogP) is 1.71. The summed E-state index contributed by atoms with van der Waals surface area (Å²) in [6.45, 7) is 1.38. The number of hydrogen-bond donors (Lipinski definition) is 0. The van der Waals surface area contributed by atoms with Gasteiger partial charge in [0.15, 0.2) is 5.78 Å². The lowest BCUT2D eigenvalue weighted by Gasteiger charge is -2.13. The first kappa shape index (κ1) is 12.6. The molecule has 22 heavy (non-hydrogen) atoms. The minimum Gasteiger partial charge on any atom is -0.312 e. The van der Waals surface area contributed by atoms with E-state index in [1.807, 2.05) is 0 Å². The maximum atomic E-state index is 12.7. The van der Waals surface area contributed by atoms with Gasteiger partial charge < -0.3 is 4.40 Å². The molecule has 1 aliphatic rings. The molecule has 106 valence electrons. The van der Waals surface area contributed by atoms with Crippen LogP contribution in [0.2, 0.25) is 0 Å². The minimum atomic E-state index is -0.438. The van der Waals surface area contributed by atoms with Crippen molar-refractivity contribution >= 4 is 22.9 Å². The van der Waals surface area contributed by atoms with Gasteiger partial charge in [0.25, 0.3) is 0 Å². The summed E-state index contributed by atoms with van der Waals surface area (Å²) in [5.74, 6) is -1.10. The Labute approximate surface area is 124 Å². The number of hydrogen-bond acceptors (Lipinski definition) is 5. The maximum absolute atomic E-state index is 12.7. The molecule has 0 bridgehead atoms. The van der Waals surface area contributed by atoms with E-state index < -0.39 is 11.6 Å². The van der Waals surface area contributed by atoms with Crippen molar-refractivity contribution in [3.05, 3.63) is 65.0 Å². The zero-order valence-electron chi connectivity index (χ0n) is 11.5. The SMILES string of the molecule is CC(=O)c1c2c(n3ccccc13)C(=O)c1nccnc1C2=O. The highest BCUT2D eigenvalue weighted by molar-refractivity contribution is 6.30. The summed E-state index contributed by atoms with van der Waals surface area (Å²) in [5.41, 5.74) is 1.12. The number of Topliss-reactive ketones (excluding diaryl/α,β-unsaturated/α-hetero) is 1. The quantitative estimate of drug-likeness (QED) is 0.499. The van der Waals surface area contributed by atoms with E-state index in [0.717, 1.165) is 0 Å². The number of carbonyl (C=O) groups excluding carboxylic acids is 3. The van der Waals surface area contributed by atoms with Crippen molar-refractivity contribution < 1.29 is 14.4 Å². The Bertz CT molecular complexity index is 1000. The third-order valence-corrected chi connectivity index (χ3v) is 3.77.